The van der Waals surface area contributed by atoms with Gasteiger partial charge in [-0.3, -0.25) is 9.59 Å². The van der Waals surface area contributed by atoms with Gasteiger partial charge in [-0.05, 0) is 12.8 Å². The lowest BCUT2D eigenvalue weighted by molar-refractivity contribution is -0.154. The van der Waals surface area contributed by atoms with Crippen LogP contribution < -0.4 is 5.32 Å². The zero-order valence-corrected chi connectivity index (χ0v) is 12.0. The van der Waals surface area contributed by atoms with Crippen LogP contribution in [0.2, 0.25) is 0 Å². The van der Waals surface area contributed by atoms with Gasteiger partial charge in [-0.25, -0.2) is 0 Å². The fourth-order valence-electron chi connectivity index (χ4n) is 3.08. The summed E-state index contributed by atoms with van der Waals surface area (Å²) in [6.45, 7) is 2.83. The van der Waals surface area contributed by atoms with Gasteiger partial charge in [-0.1, -0.05) is 19.3 Å². The minimum atomic E-state index is -0.437. The van der Waals surface area contributed by atoms with Gasteiger partial charge in [-0.2, -0.15) is 0 Å². The first kappa shape index (κ1) is 15.3. The van der Waals surface area contributed by atoms with Crippen molar-refractivity contribution in [3.63, 3.8) is 0 Å². The summed E-state index contributed by atoms with van der Waals surface area (Å²) in [5.41, 5.74) is 0. The van der Waals surface area contributed by atoms with E-state index in [1.165, 1.54) is 6.42 Å². The third-order valence-electron chi connectivity index (χ3n) is 4.20. The predicted octanol–water partition coefficient (Wildman–Crippen LogP) is -0.428. The van der Waals surface area contributed by atoms with Crippen molar-refractivity contribution in [3.8, 4) is 0 Å². The monoisotopic (exact) mass is 283 g/mol. The fraction of sp³-hybridized carbons (Fsp3) is 0.857. The zero-order chi connectivity index (χ0) is 14.4. The summed E-state index contributed by atoms with van der Waals surface area (Å²) in [4.78, 5) is 27.9. The molecule has 0 spiro atoms. The van der Waals surface area contributed by atoms with Crippen LogP contribution in [0.3, 0.4) is 0 Å². The standard InChI is InChI=1S/C14H25N3O3/c18-11-10-17(12-4-2-1-3-5-12)14(20)13(19)16-8-6-15-7-9-16/h12,15,18H,1-11H2. The summed E-state index contributed by atoms with van der Waals surface area (Å²) in [7, 11) is 0. The number of rotatable bonds is 3. The summed E-state index contributed by atoms with van der Waals surface area (Å²) in [5, 5.41) is 12.3. The first-order valence-electron chi connectivity index (χ1n) is 7.65. The van der Waals surface area contributed by atoms with E-state index in [1.807, 2.05) is 0 Å². The third-order valence-corrected chi connectivity index (χ3v) is 4.20. The van der Waals surface area contributed by atoms with E-state index in [9.17, 15) is 14.7 Å². The Morgan fingerprint density at radius 2 is 1.80 bits per heavy atom. The molecule has 0 bridgehead atoms. The molecule has 1 saturated carbocycles. The van der Waals surface area contributed by atoms with E-state index in [-0.39, 0.29) is 19.2 Å². The number of nitrogens with one attached hydrogen (secondary N) is 1. The van der Waals surface area contributed by atoms with Crippen molar-refractivity contribution in [1.82, 2.24) is 15.1 Å². The highest BCUT2D eigenvalue weighted by atomic mass is 16.3. The van der Waals surface area contributed by atoms with Crippen LogP contribution in [-0.4, -0.2) is 72.1 Å². The van der Waals surface area contributed by atoms with Crippen molar-refractivity contribution >= 4 is 11.8 Å². The molecular weight excluding hydrogens is 258 g/mol. The smallest absolute Gasteiger partial charge is 0.312 e. The van der Waals surface area contributed by atoms with Gasteiger partial charge in [0.15, 0.2) is 0 Å². The van der Waals surface area contributed by atoms with E-state index < -0.39 is 11.8 Å². The second-order valence-corrected chi connectivity index (χ2v) is 5.56. The number of aliphatic hydroxyl groups excluding tert-OH is 1. The molecule has 2 aliphatic rings. The highest BCUT2D eigenvalue weighted by molar-refractivity contribution is 6.35. The molecule has 2 fully saturated rings. The second-order valence-electron chi connectivity index (χ2n) is 5.56. The van der Waals surface area contributed by atoms with Gasteiger partial charge in [0.1, 0.15) is 0 Å². The Balaban J connectivity index is 1.99. The summed E-state index contributed by atoms with van der Waals surface area (Å²) < 4.78 is 0. The average Bonchev–Trinajstić information content (AvgIpc) is 2.53. The maximum absolute atomic E-state index is 12.4. The molecule has 1 heterocycles. The molecule has 0 aromatic rings. The summed E-state index contributed by atoms with van der Waals surface area (Å²) in [6, 6.07) is 0.121. The van der Waals surface area contributed by atoms with E-state index in [2.05, 4.69) is 5.32 Å². The highest BCUT2D eigenvalue weighted by Crippen LogP contribution is 2.22. The minimum absolute atomic E-state index is 0.0862. The van der Waals surface area contributed by atoms with Gasteiger partial charge in [0, 0.05) is 38.8 Å². The SMILES string of the molecule is O=C(C(=O)N(CCO)C1CCCCC1)N1CCNCC1. The maximum atomic E-state index is 12.4. The molecule has 0 radical (unpaired) electrons. The van der Waals surface area contributed by atoms with Crippen LogP contribution in [0.1, 0.15) is 32.1 Å². The fourth-order valence-corrected chi connectivity index (χ4v) is 3.08. The molecule has 114 valence electrons. The lowest BCUT2D eigenvalue weighted by Gasteiger charge is -2.35. The number of hydrogen-bond donors (Lipinski definition) is 2. The number of carbonyl (C=O) groups excluding carboxylic acids is 2. The summed E-state index contributed by atoms with van der Waals surface area (Å²) >= 11 is 0. The highest BCUT2D eigenvalue weighted by Gasteiger charge is 2.32. The van der Waals surface area contributed by atoms with Crippen LogP contribution in [0, 0.1) is 0 Å². The van der Waals surface area contributed by atoms with Crippen LogP contribution in [0.15, 0.2) is 0 Å². The van der Waals surface area contributed by atoms with E-state index in [4.69, 9.17) is 0 Å². The molecule has 6 nitrogen and oxygen atoms in total. The quantitative estimate of drug-likeness (QED) is 0.690. The van der Waals surface area contributed by atoms with Crippen LogP contribution in [0.4, 0.5) is 0 Å². The molecule has 2 amide bonds. The van der Waals surface area contributed by atoms with Crippen molar-refractivity contribution < 1.29 is 14.7 Å². The van der Waals surface area contributed by atoms with E-state index in [1.54, 1.807) is 9.80 Å². The maximum Gasteiger partial charge on any atom is 0.312 e. The Bertz CT molecular complexity index is 337. The number of piperazine rings is 1. The number of carbonyl (C=O) groups is 2. The van der Waals surface area contributed by atoms with E-state index in [0.29, 0.717) is 13.1 Å². The molecule has 1 aliphatic heterocycles. The largest absolute Gasteiger partial charge is 0.395 e. The molecule has 0 unspecified atom stereocenters. The predicted molar refractivity (Wildman–Crippen MR) is 75.1 cm³/mol. The van der Waals surface area contributed by atoms with Crippen LogP contribution in [0.5, 0.6) is 0 Å². The first-order valence-corrected chi connectivity index (χ1v) is 7.65. The Morgan fingerprint density at radius 1 is 1.15 bits per heavy atom. The van der Waals surface area contributed by atoms with Gasteiger partial charge in [0.05, 0.1) is 6.61 Å². The number of amides is 2. The second kappa shape index (κ2) is 7.59. The van der Waals surface area contributed by atoms with Gasteiger partial charge >= 0.3 is 11.8 Å². The number of hydrogen-bond acceptors (Lipinski definition) is 4. The number of aliphatic hydroxyl groups is 1. The molecule has 20 heavy (non-hydrogen) atoms. The van der Waals surface area contributed by atoms with Crippen molar-refractivity contribution in [2.45, 2.75) is 38.1 Å². The molecule has 1 aliphatic carbocycles. The van der Waals surface area contributed by atoms with Crippen LogP contribution >= 0.6 is 0 Å². The van der Waals surface area contributed by atoms with Crippen molar-refractivity contribution in [3.05, 3.63) is 0 Å². The van der Waals surface area contributed by atoms with Gasteiger partial charge in [-0.15, -0.1) is 0 Å². The normalized spacial score (nSPS) is 20.8. The van der Waals surface area contributed by atoms with Crippen molar-refractivity contribution in [2.75, 3.05) is 39.3 Å². The van der Waals surface area contributed by atoms with Crippen molar-refractivity contribution in [2.24, 2.45) is 0 Å². The van der Waals surface area contributed by atoms with E-state index in [0.717, 1.165) is 38.8 Å². The molecule has 6 heteroatoms. The topological polar surface area (TPSA) is 72.9 Å². The van der Waals surface area contributed by atoms with Crippen LogP contribution in [-0.2, 0) is 9.59 Å². The molecule has 0 aromatic heterocycles. The summed E-state index contributed by atoms with van der Waals surface area (Å²) in [5.74, 6) is -0.849. The third kappa shape index (κ3) is 3.70. The Hall–Kier alpha value is -1.14. The Morgan fingerprint density at radius 3 is 2.40 bits per heavy atom. The minimum Gasteiger partial charge on any atom is -0.395 e. The average molecular weight is 283 g/mol. The number of nitrogens with zero attached hydrogens (tertiary/aromatic N) is 2. The lowest BCUT2D eigenvalue weighted by atomic mass is 9.94. The van der Waals surface area contributed by atoms with E-state index >= 15 is 0 Å². The Kier molecular flexibility index (Phi) is 5.79. The molecular formula is C14H25N3O3. The van der Waals surface area contributed by atoms with Gasteiger partial charge < -0.3 is 20.2 Å². The molecule has 2 rings (SSSR count). The molecule has 2 N–H and O–H groups in total. The zero-order valence-electron chi connectivity index (χ0n) is 12.0. The van der Waals surface area contributed by atoms with Crippen molar-refractivity contribution in [1.29, 1.82) is 0 Å². The molecule has 0 aromatic carbocycles. The van der Waals surface area contributed by atoms with Gasteiger partial charge in [0.25, 0.3) is 0 Å². The first-order chi connectivity index (χ1) is 9.74. The molecule has 0 atom stereocenters. The van der Waals surface area contributed by atoms with Gasteiger partial charge in [0.2, 0.25) is 0 Å². The van der Waals surface area contributed by atoms with Crippen LogP contribution in [0.25, 0.3) is 0 Å². The summed E-state index contributed by atoms with van der Waals surface area (Å²) in [6.07, 6.45) is 5.29. The molecule has 1 saturated heterocycles. The Labute approximate surface area is 120 Å². The lowest BCUT2D eigenvalue weighted by Crippen LogP contribution is -2.54.